The van der Waals surface area contributed by atoms with Crippen LogP contribution >= 0.6 is 0 Å². The van der Waals surface area contributed by atoms with E-state index in [1.54, 1.807) is 0 Å². The number of esters is 1. The van der Waals surface area contributed by atoms with Crippen molar-refractivity contribution in [3.05, 3.63) is 11.5 Å². The molecule has 13 nitrogen and oxygen atoms in total. The maximum atomic E-state index is 10.5. The molecule has 6 atom stereocenters. The third-order valence-electron chi connectivity index (χ3n) is 2.90. The standard InChI is InChI=1S/C6H8O6.C6H12O6.Ca.H2O.2H/c7-1-2(8)5-3(9)4(10)6(11)12-5;7-1-3(9)5(11)6(12)4(10)2-8;;;;/h2,5,7-10H,1H2;1,3-6,8-12H,2H2;;1H2;;/q;;+2;;2*-1/t2-,5+;3-,4+,5+,6+;;;;/m00..../s1. The first-order valence-electron chi connectivity index (χ1n) is 6.52. The zero-order valence-electron chi connectivity index (χ0n) is 15.4. The Labute approximate surface area is 179 Å². The van der Waals surface area contributed by atoms with Crippen molar-refractivity contribution >= 4 is 50.0 Å². The summed E-state index contributed by atoms with van der Waals surface area (Å²) in [6.07, 6.45) is -9.62. The summed E-state index contributed by atoms with van der Waals surface area (Å²) in [5.74, 6) is -2.78. The van der Waals surface area contributed by atoms with Gasteiger partial charge in [0.2, 0.25) is 5.76 Å². The van der Waals surface area contributed by atoms with Gasteiger partial charge < -0.3 is 63.8 Å². The predicted molar refractivity (Wildman–Crippen MR) is 84.0 cm³/mol. The fraction of sp³-hybridized carbons (Fsp3) is 0.667. The summed E-state index contributed by atoms with van der Waals surface area (Å²) < 4.78 is 4.32. The van der Waals surface area contributed by atoms with E-state index >= 15 is 0 Å². The number of carbonyl (C=O) groups is 2. The Hall–Kier alpha value is -0.580. The Kier molecular flexibility index (Phi) is 16.8. The summed E-state index contributed by atoms with van der Waals surface area (Å²) in [6, 6.07) is 0. The second-order valence-corrected chi connectivity index (χ2v) is 4.67. The summed E-state index contributed by atoms with van der Waals surface area (Å²) >= 11 is 0. The Bertz CT molecular complexity index is 467. The van der Waals surface area contributed by atoms with Gasteiger partial charge in [-0.15, -0.1) is 0 Å². The van der Waals surface area contributed by atoms with E-state index in [1.165, 1.54) is 0 Å². The van der Waals surface area contributed by atoms with Gasteiger partial charge in [0.25, 0.3) is 0 Å². The molecule has 0 amide bonds. The number of hydrogen-bond donors (Lipinski definition) is 9. The molecule has 0 saturated heterocycles. The molecule has 0 aromatic heterocycles. The van der Waals surface area contributed by atoms with Gasteiger partial charge in [0.15, 0.2) is 18.1 Å². The van der Waals surface area contributed by atoms with Crippen LogP contribution < -0.4 is 0 Å². The van der Waals surface area contributed by atoms with Crippen molar-refractivity contribution in [3.63, 3.8) is 0 Å². The Morgan fingerprint density at radius 3 is 1.85 bits per heavy atom. The topological polar surface area (TPSA) is 257 Å². The molecule has 0 aromatic rings. The first kappa shape index (κ1) is 30.2. The SMILES string of the molecule is O.O=C1O[C@H]([C@@H](O)CO)C(O)=C1O.O=C[C@H](O)[C@@H](O)[C@H](O)[C@H](O)CO.[Ca+2].[H-].[H-]. The van der Waals surface area contributed by atoms with Gasteiger partial charge in [0.1, 0.15) is 30.5 Å². The van der Waals surface area contributed by atoms with Gasteiger partial charge in [-0.3, -0.25) is 0 Å². The van der Waals surface area contributed by atoms with Crippen LogP contribution in [0.2, 0.25) is 0 Å². The van der Waals surface area contributed by atoms with Crippen LogP contribution in [0.15, 0.2) is 11.5 Å². The van der Waals surface area contributed by atoms with E-state index in [9.17, 15) is 9.59 Å². The summed E-state index contributed by atoms with van der Waals surface area (Å²) in [5, 5.41) is 78.6. The maximum Gasteiger partial charge on any atom is 2.00 e. The van der Waals surface area contributed by atoms with Crippen LogP contribution in [0.1, 0.15) is 2.85 Å². The summed E-state index contributed by atoms with van der Waals surface area (Å²) in [7, 11) is 0. The van der Waals surface area contributed by atoms with Crippen LogP contribution in [-0.4, -0.2) is 151 Å². The number of hydrogen-bond acceptors (Lipinski definition) is 12. The van der Waals surface area contributed by atoms with Crippen LogP contribution in [0.5, 0.6) is 0 Å². The van der Waals surface area contributed by atoms with E-state index in [-0.39, 0.29) is 52.4 Å². The third kappa shape index (κ3) is 8.41. The van der Waals surface area contributed by atoms with Crippen molar-refractivity contribution in [1.29, 1.82) is 0 Å². The van der Waals surface area contributed by atoms with Crippen molar-refractivity contribution in [3.8, 4) is 0 Å². The molecule has 26 heavy (non-hydrogen) atoms. The van der Waals surface area contributed by atoms with Crippen molar-refractivity contribution in [1.82, 2.24) is 0 Å². The van der Waals surface area contributed by atoms with E-state index in [1.807, 2.05) is 0 Å². The minimum Gasteiger partial charge on any atom is -1.00 e. The normalized spacial score (nSPS) is 21.7. The summed E-state index contributed by atoms with van der Waals surface area (Å²) in [4.78, 5) is 20.4. The van der Waals surface area contributed by atoms with Crippen molar-refractivity contribution in [2.24, 2.45) is 0 Å². The molecule has 0 saturated carbocycles. The monoisotopic (exact) mass is 416 g/mol. The zero-order valence-corrected chi connectivity index (χ0v) is 15.6. The fourth-order valence-electron chi connectivity index (χ4n) is 1.44. The van der Waals surface area contributed by atoms with Crippen LogP contribution in [0, 0.1) is 0 Å². The first-order valence-corrected chi connectivity index (χ1v) is 6.52. The second-order valence-electron chi connectivity index (χ2n) is 4.67. The van der Waals surface area contributed by atoms with Gasteiger partial charge in [-0.1, -0.05) is 0 Å². The van der Waals surface area contributed by atoms with Crippen LogP contribution in [0.25, 0.3) is 0 Å². The van der Waals surface area contributed by atoms with Crippen molar-refractivity contribution in [2.45, 2.75) is 36.6 Å². The van der Waals surface area contributed by atoms with Crippen LogP contribution in [0.4, 0.5) is 0 Å². The molecular weight excluding hydrogens is 392 g/mol. The Morgan fingerprint density at radius 1 is 1.04 bits per heavy atom. The molecule has 0 radical (unpaired) electrons. The summed E-state index contributed by atoms with van der Waals surface area (Å²) in [6.45, 7) is -1.43. The molecule has 1 rings (SSSR count). The molecule has 0 unspecified atom stereocenters. The van der Waals surface area contributed by atoms with Crippen LogP contribution in [-0.2, 0) is 14.3 Å². The number of aliphatic hydroxyl groups excluding tert-OH is 9. The minimum absolute atomic E-state index is 0. The maximum absolute atomic E-state index is 10.5. The molecule has 11 N–H and O–H groups in total. The summed E-state index contributed by atoms with van der Waals surface area (Å²) in [5.41, 5.74) is 0. The average Bonchev–Trinajstić information content (AvgIpc) is 2.86. The van der Waals surface area contributed by atoms with Crippen molar-refractivity contribution < 1.29 is 68.6 Å². The Balaban J connectivity index is -0.000000110. The number of cyclic esters (lactones) is 1. The second kappa shape index (κ2) is 14.5. The molecule has 0 spiro atoms. The van der Waals surface area contributed by atoms with Crippen LogP contribution in [0.3, 0.4) is 0 Å². The number of aldehydes is 1. The molecule has 152 valence electrons. The zero-order chi connectivity index (χ0) is 19.0. The van der Waals surface area contributed by atoms with Gasteiger partial charge in [0, 0.05) is 0 Å². The molecule has 1 aliphatic rings. The molecule has 0 bridgehead atoms. The predicted octanol–water partition coefficient (Wildman–Crippen LogP) is -5.77. The minimum atomic E-state index is -1.79. The first-order chi connectivity index (χ1) is 11.1. The third-order valence-corrected chi connectivity index (χ3v) is 2.90. The van der Waals surface area contributed by atoms with Gasteiger partial charge in [-0.05, 0) is 0 Å². The molecule has 0 aromatic carbocycles. The van der Waals surface area contributed by atoms with E-state index in [0.717, 1.165) is 0 Å². The van der Waals surface area contributed by atoms with Gasteiger partial charge in [-0.2, -0.15) is 0 Å². The van der Waals surface area contributed by atoms with Gasteiger partial charge >= 0.3 is 43.7 Å². The average molecular weight is 416 g/mol. The van der Waals surface area contributed by atoms with Crippen molar-refractivity contribution in [2.75, 3.05) is 13.2 Å². The van der Waals surface area contributed by atoms with E-state index in [4.69, 9.17) is 46.0 Å². The molecule has 14 heteroatoms. The molecular formula is C12H24CaO13. The molecule has 0 fully saturated rings. The number of carbonyl (C=O) groups excluding carboxylic acids is 2. The molecule has 1 aliphatic heterocycles. The largest absolute Gasteiger partial charge is 2.00 e. The Morgan fingerprint density at radius 2 is 1.54 bits per heavy atom. The number of rotatable bonds is 7. The molecule has 0 aliphatic carbocycles. The van der Waals surface area contributed by atoms with Gasteiger partial charge in [0.05, 0.1) is 13.2 Å². The fourth-order valence-corrected chi connectivity index (χ4v) is 1.44. The number of ether oxygens (including phenoxy) is 1. The van der Waals surface area contributed by atoms with E-state index < -0.39 is 67.3 Å². The van der Waals surface area contributed by atoms with E-state index in [0.29, 0.717) is 0 Å². The van der Waals surface area contributed by atoms with Gasteiger partial charge in [-0.25, -0.2) is 4.79 Å². The quantitative estimate of drug-likeness (QED) is 0.107. The smallest absolute Gasteiger partial charge is 1.00 e. The molecule has 1 heterocycles. The van der Waals surface area contributed by atoms with E-state index in [2.05, 4.69) is 4.74 Å². The number of aliphatic hydroxyl groups is 9.